The SMILES string of the molecule is Cc1c(N2CCC(N)C2)c(F)c(N)c2c(=O)c(C(=O)O)cn(C3CC3)c12. The molecule has 8 heteroatoms. The Hall–Kier alpha value is -2.61. The van der Waals surface area contributed by atoms with E-state index >= 15 is 4.39 Å². The van der Waals surface area contributed by atoms with Gasteiger partial charge >= 0.3 is 5.97 Å². The molecule has 2 aromatic rings. The molecular formula is C18H21FN4O3. The number of rotatable bonds is 3. The number of carboxylic acid groups (broad SMARTS) is 1. The Labute approximate surface area is 149 Å². The lowest BCUT2D eigenvalue weighted by atomic mass is 10.0. The van der Waals surface area contributed by atoms with Gasteiger partial charge in [-0.05, 0) is 31.7 Å². The zero-order valence-corrected chi connectivity index (χ0v) is 14.5. The Morgan fingerprint density at radius 2 is 2.04 bits per heavy atom. The van der Waals surface area contributed by atoms with Crippen molar-refractivity contribution in [3.63, 3.8) is 0 Å². The molecule has 2 fully saturated rings. The lowest BCUT2D eigenvalue weighted by Crippen LogP contribution is -2.28. The highest BCUT2D eigenvalue weighted by Gasteiger charge is 2.32. The molecule has 1 aliphatic carbocycles. The summed E-state index contributed by atoms with van der Waals surface area (Å²) in [5.74, 6) is -2.01. The van der Waals surface area contributed by atoms with Crippen molar-refractivity contribution in [1.82, 2.24) is 4.57 Å². The predicted molar refractivity (Wildman–Crippen MR) is 97.4 cm³/mol. The van der Waals surface area contributed by atoms with Crippen molar-refractivity contribution >= 4 is 28.2 Å². The number of aromatic carboxylic acids is 1. The summed E-state index contributed by atoms with van der Waals surface area (Å²) in [4.78, 5) is 26.0. The van der Waals surface area contributed by atoms with Gasteiger partial charge in [-0.2, -0.15) is 0 Å². The summed E-state index contributed by atoms with van der Waals surface area (Å²) < 4.78 is 16.9. The van der Waals surface area contributed by atoms with Crippen LogP contribution in [-0.4, -0.2) is 34.8 Å². The molecule has 2 aliphatic rings. The van der Waals surface area contributed by atoms with Crippen LogP contribution in [0.25, 0.3) is 10.9 Å². The van der Waals surface area contributed by atoms with E-state index in [2.05, 4.69) is 0 Å². The number of fused-ring (bicyclic) bond motifs is 1. The van der Waals surface area contributed by atoms with Crippen molar-refractivity contribution in [2.24, 2.45) is 5.73 Å². The normalized spacial score (nSPS) is 20.1. The minimum atomic E-state index is -1.33. The van der Waals surface area contributed by atoms with Crippen LogP contribution >= 0.6 is 0 Å². The number of aryl methyl sites for hydroxylation is 1. The second-order valence-electron chi connectivity index (χ2n) is 7.24. The van der Waals surface area contributed by atoms with E-state index in [1.807, 2.05) is 4.90 Å². The molecule has 1 aromatic heterocycles. The minimum absolute atomic E-state index is 0.0364. The summed E-state index contributed by atoms with van der Waals surface area (Å²) in [6, 6.07) is 0.0687. The van der Waals surface area contributed by atoms with Gasteiger partial charge in [0.15, 0.2) is 5.82 Å². The van der Waals surface area contributed by atoms with Gasteiger partial charge in [-0.3, -0.25) is 4.79 Å². The van der Waals surface area contributed by atoms with Crippen molar-refractivity contribution < 1.29 is 14.3 Å². The number of hydrogen-bond acceptors (Lipinski definition) is 5. The van der Waals surface area contributed by atoms with Crippen molar-refractivity contribution in [1.29, 1.82) is 0 Å². The monoisotopic (exact) mass is 360 g/mol. The van der Waals surface area contributed by atoms with Gasteiger partial charge in [0, 0.05) is 31.4 Å². The fraction of sp³-hybridized carbons (Fsp3) is 0.444. The van der Waals surface area contributed by atoms with Crippen molar-refractivity contribution in [3.8, 4) is 0 Å². The number of carboxylic acids is 1. The molecule has 1 unspecified atom stereocenters. The third-order valence-electron chi connectivity index (χ3n) is 5.37. The molecular weight excluding hydrogens is 339 g/mol. The fourth-order valence-corrected chi connectivity index (χ4v) is 3.94. The molecule has 0 amide bonds. The van der Waals surface area contributed by atoms with Crippen LogP contribution in [-0.2, 0) is 0 Å². The Morgan fingerprint density at radius 3 is 2.58 bits per heavy atom. The molecule has 26 heavy (non-hydrogen) atoms. The van der Waals surface area contributed by atoms with Gasteiger partial charge in [-0.15, -0.1) is 0 Å². The largest absolute Gasteiger partial charge is 0.477 e. The van der Waals surface area contributed by atoms with Gasteiger partial charge in [0.05, 0.1) is 22.3 Å². The molecule has 0 bridgehead atoms. The predicted octanol–water partition coefficient (Wildman–Crippen LogP) is 1.60. The highest BCUT2D eigenvalue weighted by atomic mass is 19.1. The van der Waals surface area contributed by atoms with Crippen LogP contribution in [0, 0.1) is 12.7 Å². The molecule has 4 rings (SSSR count). The van der Waals surface area contributed by atoms with Crippen LogP contribution in [0.15, 0.2) is 11.0 Å². The molecule has 1 atom stereocenters. The molecule has 7 nitrogen and oxygen atoms in total. The number of anilines is 2. The van der Waals surface area contributed by atoms with E-state index in [0.717, 1.165) is 19.3 Å². The summed E-state index contributed by atoms with van der Waals surface area (Å²) in [6.45, 7) is 2.89. The molecule has 0 spiro atoms. The lowest BCUT2D eigenvalue weighted by Gasteiger charge is -2.25. The third-order valence-corrected chi connectivity index (χ3v) is 5.37. The first-order chi connectivity index (χ1) is 12.3. The summed E-state index contributed by atoms with van der Waals surface area (Å²) in [6.07, 6.45) is 3.90. The standard InChI is InChI=1S/C18H21FN4O3/c1-8-15-12(14(21)13(19)16(8)22-5-4-9(20)6-22)17(24)11(18(25)26)7-23(15)10-2-3-10/h7,9-10H,2-6,20-21H2,1H3,(H,25,26). The number of aromatic nitrogens is 1. The summed E-state index contributed by atoms with van der Waals surface area (Å²) in [7, 11) is 0. The van der Waals surface area contributed by atoms with Crippen LogP contribution in [0.1, 0.15) is 41.2 Å². The number of nitrogen functional groups attached to an aromatic ring is 1. The molecule has 2 heterocycles. The third kappa shape index (κ3) is 2.36. The molecule has 1 aromatic carbocycles. The van der Waals surface area contributed by atoms with Gasteiger partial charge in [0.25, 0.3) is 0 Å². The maximum Gasteiger partial charge on any atom is 0.341 e. The minimum Gasteiger partial charge on any atom is -0.477 e. The number of nitrogens with two attached hydrogens (primary N) is 2. The summed E-state index contributed by atoms with van der Waals surface area (Å²) >= 11 is 0. The van der Waals surface area contributed by atoms with Crippen LogP contribution in [0.4, 0.5) is 15.8 Å². The van der Waals surface area contributed by atoms with Gasteiger partial charge in [0.1, 0.15) is 5.56 Å². The topological polar surface area (TPSA) is 115 Å². The average molecular weight is 360 g/mol. The quantitative estimate of drug-likeness (QED) is 0.716. The molecule has 138 valence electrons. The van der Waals surface area contributed by atoms with E-state index in [-0.39, 0.29) is 28.7 Å². The first-order valence-electron chi connectivity index (χ1n) is 8.71. The molecule has 1 saturated carbocycles. The van der Waals surface area contributed by atoms with E-state index in [9.17, 15) is 14.7 Å². The van der Waals surface area contributed by atoms with E-state index in [1.54, 1.807) is 11.5 Å². The molecule has 1 aliphatic heterocycles. The van der Waals surface area contributed by atoms with Crippen LogP contribution in [0.3, 0.4) is 0 Å². The molecule has 5 N–H and O–H groups in total. The van der Waals surface area contributed by atoms with E-state index in [1.165, 1.54) is 6.20 Å². The maximum atomic E-state index is 15.1. The van der Waals surface area contributed by atoms with Gasteiger partial charge in [-0.1, -0.05) is 0 Å². The second-order valence-corrected chi connectivity index (χ2v) is 7.24. The smallest absolute Gasteiger partial charge is 0.341 e. The summed E-state index contributed by atoms with van der Waals surface area (Å²) in [5.41, 5.74) is 12.0. The number of benzene rings is 1. The number of hydrogen-bond donors (Lipinski definition) is 3. The highest BCUT2D eigenvalue weighted by Crippen LogP contribution is 2.42. The van der Waals surface area contributed by atoms with Gasteiger partial charge in [0.2, 0.25) is 5.43 Å². The highest BCUT2D eigenvalue weighted by molar-refractivity contribution is 6.01. The van der Waals surface area contributed by atoms with Crippen LogP contribution < -0.4 is 21.8 Å². The maximum absolute atomic E-state index is 15.1. The lowest BCUT2D eigenvalue weighted by molar-refractivity contribution is 0.0695. The van der Waals surface area contributed by atoms with Crippen molar-refractivity contribution in [2.75, 3.05) is 23.7 Å². The van der Waals surface area contributed by atoms with Crippen LogP contribution in [0.2, 0.25) is 0 Å². The Kier molecular flexibility index (Phi) is 3.69. The van der Waals surface area contributed by atoms with Gasteiger partial charge in [-0.25, -0.2) is 9.18 Å². The fourth-order valence-electron chi connectivity index (χ4n) is 3.94. The zero-order chi connectivity index (χ0) is 18.7. The van der Waals surface area contributed by atoms with E-state index < -0.39 is 17.2 Å². The van der Waals surface area contributed by atoms with E-state index in [4.69, 9.17) is 11.5 Å². The van der Waals surface area contributed by atoms with Crippen molar-refractivity contribution in [2.45, 2.75) is 38.3 Å². The second kappa shape index (κ2) is 5.70. The molecule has 1 saturated heterocycles. The molecule has 0 radical (unpaired) electrons. The first-order valence-corrected chi connectivity index (χ1v) is 8.71. The van der Waals surface area contributed by atoms with Crippen LogP contribution in [0.5, 0.6) is 0 Å². The Bertz CT molecular complexity index is 997. The average Bonchev–Trinajstić information content (AvgIpc) is 3.34. The number of pyridine rings is 1. The van der Waals surface area contributed by atoms with Gasteiger partial charge < -0.3 is 26.0 Å². The Morgan fingerprint density at radius 1 is 1.35 bits per heavy atom. The zero-order valence-electron chi connectivity index (χ0n) is 14.5. The first kappa shape index (κ1) is 16.8. The number of carbonyl (C=O) groups is 1. The summed E-state index contributed by atoms with van der Waals surface area (Å²) in [5, 5.41) is 9.33. The number of nitrogens with zero attached hydrogens (tertiary/aromatic N) is 2. The Balaban J connectivity index is 2.09. The number of halogens is 1. The van der Waals surface area contributed by atoms with Crippen molar-refractivity contribution in [3.05, 3.63) is 33.4 Å². The van der Waals surface area contributed by atoms with E-state index in [0.29, 0.717) is 29.9 Å².